The first-order chi connectivity index (χ1) is 8.43. The molecule has 1 aromatic carbocycles. The second kappa shape index (κ2) is 6.83. The molecule has 0 radical (unpaired) electrons. The number of esters is 1. The molecule has 100 valence electrons. The van der Waals surface area contributed by atoms with Gasteiger partial charge in [-0.3, -0.25) is 0 Å². The summed E-state index contributed by atoms with van der Waals surface area (Å²) in [6.07, 6.45) is -0.184. The highest BCUT2D eigenvalue weighted by molar-refractivity contribution is 6.35. The minimum Gasteiger partial charge on any atom is -0.480 e. The maximum atomic E-state index is 11.4. The monoisotopic (exact) mass is 291 g/mol. The lowest BCUT2D eigenvalue weighted by atomic mass is 10.2. The Balaban J connectivity index is 2.75. The van der Waals surface area contributed by atoms with Gasteiger partial charge >= 0.3 is 5.97 Å². The number of nitrogens with two attached hydrogens (primary N) is 1. The van der Waals surface area contributed by atoms with Gasteiger partial charge in [0.25, 0.3) is 0 Å². The van der Waals surface area contributed by atoms with Gasteiger partial charge in [-0.25, -0.2) is 4.79 Å². The third kappa shape index (κ3) is 4.37. The number of carbonyl (C=O) groups is 1. The van der Waals surface area contributed by atoms with Crippen LogP contribution in [0.4, 0.5) is 0 Å². The van der Waals surface area contributed by atoms with Crippen LogP contribution < -0.4 is 10.5 Å². The molecule has 0 saturated carbocycles. The van der Waals surface area contributed by atoms with Gasteiger partial charge in [0.05, 0.1) is 11.1 Å². The molecule has 6 heteroatoms. The topological polar surface area (TPSA) is 61.5 Å². The van der Waals surface area contributed by atoms with Gasteiger partial charge in [-0.15, -0.1) is 0 Å². The van der Waals surface area contributed by atoms with Crippen molar-refractivity contribution in [2.24, 2.45) is 5.73 Å². The molecule has 1 aromatic rings. The predicted molar refractivity (Wildman–Crippen MR) is 71.1 cm³/mol. The van der Waals surface area contributed by atoms with Crippen molar-refractivity contribution in [3.8, 4) is 5.75 Å². The SMILES string of the molecule is CC(C)OC(=O)COc1c(Cl)cc(Cl)cc1CN. The summed E-state index contributed by atoms with van der Waals surface area (Å²) in [5.41, 5.74) is 6.21. The third-order valence-electron chi connectivity index (χ3n) is 2.01. The van der Waals surface area contributed by atoms with E-state index >= 15 is 0 Å². The first kappa shape index (κ1) is 15.1. The van der Waals surface area contributed by atoms with E-state index in [4.69, 9.17) is 38.4 Å². The zero-order valence-electron chi connectivity index (χ0n) is 10.2. The van der Waals surface area contributed by atoms with Crippen molar-refractivity contribution in [1.29, 1.82) is 0 Å². The fraction of sp³-hybridized carbons (Fsp3) is 0.417. The second-order valence-corrected chi connectivity index (χ2v) is 4.75. The van der Waals surface area contributed by atoms with E-state index in [9.17, 15) is 4.79 Å². The van der Waals surface area contributed by atoms with Crippen molar-refractivity contribution in [1.82, 2.24) is 0 Å². The van der Waals surface area contributed by atoms with Crippen molar-refractivity contribution in [2.75, 3.05) is 6.61 Å². The summed E-state index contributed by atoms with van der Waals surface area (Å²) < 4.78 is 10.3. The molecule has 0 atom stereocenters. The number of ether oxygens (including phenoxy) is 2. The third-order valence-corrected chi connectivity index (χ3v) is 2.51. The number of rotatable bonds is 5. The number of hydrogen-bond acceptors (Lipinski definition) is 4. The van der Waals surface area contributed by atoms with E-state index in [2.05, 4.69) is 0 Å². The standard InChI is InChI=1S/C12H15Cl2NO3/c1-7(2)18-11(16)6-17-12-8(5-15)3-9(13)4-10(12)14/h3-4,7H,5-6,15H2,1-2H3. The summed E-state index contributed by atoms with van der Waals surface area (Å²) in [7, 11) is 0. The lowest BCUT2D eigenvalue weighted by molar-refractivity contribution is -0.149. The predicted octanol–water partition coefficient (Wildman–Crippen LogP) is 2.78. The Morgan fingerprint density at radius 3 is 2.61 bits per heavy atom. The molecule has 0 saturated heterocycles. The summed E-state index contributed by atoms with van der Waals surface area (Å²) >= 11 is 11.8. The molecule has 0 aliphatic carbocycles. The Morgan fingerprint density at radius 2 is 2.06 bits per heavy atom. The number of halogens is 2. The first-order valence-electron chi connectivity index (χ1n) is 5.44. The van der Waals surface area contributed by atoms with Crippen LogP contribution >= 0.6 is 23.2 Å². The molecule has 0 bridgehead atoms. The molecule has 0 aliphatic heterocycles. The fourth-order valence-corrected chi connectivity index (χ4v) is 1.95. The molecule has 0 unspecified atom stereocenters. The van der Waals surface area contributed by atoms with Gasteiger partial charge in [0.15, 0.2) is 6.61 Å². The lowest BCUT2D eigenvalue weighted by Gasteiger charge is -2.13. The highest BCUT2D eigenvalue weighted by Crippen LogP contribution is 2.32. The molecule has 0 aliphatic rings. The van der Waals surface area contributed by atoms with Crippen LogP contribution in [-0.4, -0.2) is 18.7 Å². The average molecular weight is 292 g/mol. The molecule has 18 heavy (non-hydrogen) atoms. The fourth-order valence-electron chi connectivity index (χ4n) is 1.35. The van der Waals surface area contributed by atoms with Crippen molar-refractivity contribution >= 4 is 29.2 Å². The molecule has 0 amide bonds. The van der Waals surface area contributed by atoms with Gasteiger partial charge in [-0.2, -0.15) is 0 Å². The lowest BCUT2D eigenvalue weighted by Crippen LogP contribution is -2.19. The van der Waals surface area contributed by atoms with Gasteiger partial charge in [-0.1, -0.05) is 23.2 Å². The smallest absolute Gasteiger partial charge is 0.344 e. The highest BCUT2D eigenvalue weighted by Gasteiger charge is 2.13. The zero-order valence-corrected chi connectivity index (χ0v) is 11.7. The molecular weight excluding hydrogens is 277 g/mol. The Hall–Kier alpha value is -0.970. The van der Waals surface area contributed by atoms with Crippen LogP contribution in [0.2, 0.25) is 10.0 Å². The minimum absolute atomic E-state index is 0.184. The van der Waals surface area contributed by atoms with Crippen molar-refractivity contribution in [3.63, 3.8) is 0 Å². The summed E-state index contributed by atoms with van der Waals surface area (Å²) in [5.74, 6) is -0.0942. The van der Waals surface area contributed by atoms with Gasteiger partial charge < -0.3 is 15.2 Å². The zero-order chi connectivity index (χ0) is 13.7. The first-order valence-corrected chi connectivity index (χ1v) is 6.20. The van der Waals surface area contributed by atoms with Gasteiger partial charge in [0, 0.05) is 17.1 Å². The maximum absolute atomic E-state index is 11.4. The van der Waals surface area contributed by atoms with E-state index < -0.39 is 5.97 Å². The summed E-state index contributed by atoms with van der Waals surface area (Å²) in [4.78, 5) is 11.4. The molecule has 0 spiro atoms. The van der Waals surface area contributed by atoms with Gasteiger partial charge in [-0.05, 0) is 26.0 Å². The summed E-state index contributed by atoms with van der Waals surface area (Å²) in [6.45, 7) is 3.53. The molecule has 0 aromatic heterocycles. The van der Waals surface area contributed by atoms with Crippen LogP contribution in [-0.2, 0) is 16.1 Å². The Kier molecular flexibility index (Phi) is 5.72. The quantitative estimate of drug-likeness (QED) is 0.848. The van der Waals surface area contributed by atoms with Crippen LogP contribution in [0.1, 0.15) is 19.4 Å². The second-order valence-electron chi connectivity index (χ2n) is 3.91. The highest BCUT2D eigenvalue weighted by atomic mass is 35.5. The van der Waals surface area contributed by atoms with E-state index in [1.165, 1.54) is 6.07 Å². The molecule has 0 fully saturated rings. The molecule has 0 heterocycles. The maximum Gasteiger partial charge on any atom is 0.344 e. The van der Waals surface area contributed by atoms with E-state index in [0.29, 0.717) is 21.4 Å². The average Bonchev–Trinajstić information content (AvgIpc) is 2.25. The molecular formula is C12H15Cl2NO3. The van der Waals surface area contributed by atoms with Crippen LogP contribution in [0.3, 0.4) is 0 Å². The Labute approximate surface area is 116 Å². The van der Waals surface area contributed by atoms with Crippen molar-refractivity contribution in [2.45, 2.75) is 26.5 Å². The molecule has 2 N–H and O–H groups in total. The van der Waals surface area contributed by atoms with Crippen molar-refractivity contribution in [3.05, 3.63) is 27.7 Å². The molecule has 1 rings (SSSR count). The van der Waals surface area contributed by atoms with Crippen LogP contribution in [0, 0.1) is 0 Å². The van der Waals surface area contributed by atoms with E-state index in [0.717, 1.165) is 0 Å². The summed E-state index contributed by atoms with van der Waals surface area (Å²) in [5, 5.41) is 0.790. The normalized spacial score (nSPS) is 10.6. The number of hydrogen-bond donors (Lipinski definition) is 1. The Morgan fingerprint density at radius 1 is 1.39 bits per heavy atom. The van der Waals surface area contributed by atoms with Crippen LogP contribution in [0.5, 0.6) is 5.75 Å². The summed E-state index contributed by atoms with van der Waals surface area (Å²) in [6, 6.07) is 3.18. The number of benzene rings is 1. The number of carbonyl (C=O) groups excluding carboxylic acids is 1. The van der Waals surface area contributed by atoms with Crippen molar-refractivity contribution < 1.29 is 14.3 Å². The van der Waals surface area contributed by atoms with E-state index in [-0.39, 0.29) is 19.3 Å². The largest absolute Gasteiger partial charge is 0.480 e. The van der Waals surface area contributed by atoms with Gasteiger partial charge in [0.2, 0.25) is 0 Å². The molecule has 4 nitrogen and oxygen atoms in total. The van der Waals surface area contributed by atoms with E-state index in [1.54, 1.807) is 19.9 Å². The van der Waals surface area contributed by atoms with E-state index in [1.807, 2.05) is 0 Å². The van der Waals surface area contributed by atoms with Crippen LogP contribution in [0.25, 0.3) is 0 Å². The van der Waals surface area contributed by atoms with Crippen LogP contribution in [0.15, 0.2) is 12.1 Å². The Bertz CT molecular complexity index is 436. The minimum atomic E-state index is -0.459. The van der Waals surface area contributed by atoms with Gasteiger partial charge in [0.1, 0.15) is 5.75 Å².